The number of ether oxygens (including phenoxy) is 2. The Bertz CT molecular complexity index is 690. The minimum absolute atomic E-state index is 0.0588. The number of methoxy groups -OCH3 is 2. The van der Waals surface area contributed by atoms with Gasteiger partial charge in [0.1, 0.15) is 6.33 Å². The summed E-state index contributed by atoms with van der Waals surface area (Å²) in [5.74, 6) is 1.80. The largest absolute Gasteiger partial charge is 0.493 e. The Morgan fingerprint density at radius 3 is 2.67 bits per heavy atom. The molecule has 1 heterocycles. The lowest BCUT2D eigenvalue weighted by Crippen LogP contribution is -2.30. The van der Waals surface area contributed by atoms with Gasteiger partial charge in [0, 0.05) is 20.6 Å². The molecule has 24 heavy (non-hydrogen) atoms. The summed E-state index contributed by atoms with van der Waals surface area (Å²) in [7, 11) is 6.88. The molecule has 1 aromatic carbocycles. The molecule has 7 nitrogen and oxygen atoms in total. The van der Waals surface area contributed by atoms with Crippen molar-refractivity contribution < 1.29 is 14.3 Å². The molecule has 1 amide bonds. The van der Waals surface area contributed by atoms with Gasteiger partial charge in [-0.05, 0) is 24.1 Å². The first-order valence-electron chi connectivity index (χ1n) is 7.46. The molecule has 0 atom stereocenters. The highest BCUT2D eigenvalue weighted by Gasteiger charge is 2.12. The molecule has 0 radical (unpaired) electrons. The highest BCUT2D eigenvalue weighted by atomic mass is 32.2. The van der Waals surface area contributed by atoms with Crippen LogP contribution in [0.2, 0.25) is 0 Å². The van der Waals surface area contributed by atoms with Crippen molar-refractivity contribution in [3.63, 3.8) is 0 Å². The second kappa shape index (κ2) is 8.58. The summed E-state index contributed by atoms with van der Waals surface area (Å²) in [5, 5.41) is 8.48. The standard InChI is InChI=1S/C16H22N4O3S/c1-19(15(21)10-24-16-18-17-11-20(16)2)8-7-12-5-6-13(22-3)14(9-12)23-4/h5-6,9,11H,7-8,10H2,1-4H3. The SMILES string of the molecule is COc1ccc(CCN(C)C(=O)CSc2nncn2C)cc1OC. The van der Waals surface area contributed by atoms with Gasteiger partial charge >= 0.3 is 0 Å². The van der Waals surface area contributed by atoms with Crippen LogP contribution in [0.15, 0.2) is 29.7 Å². The fourth-order valence-corrected chi connectivity index (χ4v) is 2.93. The monoisotopic (exact) mass is 350 g/mol. The van der Waals surface area contributed by atoms with Crippen LogP contribution >= 0.6 is 11.8 Å². The molecule has 0 bridgehead atoms. The number of aromatic nitrogens is 3. The van der Waals surface area contributed by atoms with Gasteiger partial charge in [0.15, 0.2) is 16.7 Å². The summed E-state index contributed by atoms with van der Waals surface area (Å²) in [6, 6.07) is 5.79. The van der Waals surface area contributed by atoms with E-state index in [1.807, 2.05) is 25.2 Å². The fourth-order valence-electron chi connectivity index (χ4n) is 2.10. The van der Waals surface area contributed by atoms with Crippen LogP contribution in [-0.4, -0.2) is 59.1 Å². The third kappa shape index (κ3) is 4.64. The number of thioether (sulfide) groups is 1. The number of rotatable bonds is 8. The van der Waals surface area contributed by atoms with Gasteiger partial charge in [0.2, 0.25) is 5.91 Å². The van der Waals surface area contributed by atoms with E-state index < -0.39 is 0 Å². The maximum Gasteiger partial charge on any atom is 0.232 e. The van der Waals surface area contributed by atoms with E-state index in [9.17, 15) is 4.79 Å². The summed E-state index contributed by atoms with van der Waals surface area (Å²) >= 11 is 1.38. The van der Waals surface area contributed by atoms with Crippen molar-refractivity contribution in [2.45, 2.75) is 11.6 Å². The molecule has 2 aromatic rings. The zero-order chi connectivity index (χ0) is 17.5. The smallest absolute Gasteiger partial charge is 0.232 e. The van der Waals surface area contributed by atoms with E-state index in [-0.39, 0.29) is 5.91 Å². The second-order valence-corrected chi connectivity index (χ2v) is 6.21. The van der Waals surface area contributed by atoms with E-state index in [0.29, 0.717) is 23.8 Å². The molecule has 0 aliphatic heterocycles. The molecule has 1 aromatic heterocycles. The van der Waals surface area contributed by atoms with Crippen LogP contribution in [-0.2, 0) is 18.3 Å². The minimum atomic E-state index is 0.0588. The number of carbonyl (C=O) groups is 1. The van der Waals surface area contributed by atoms with Gasteiger partial charge in [-0.2, -0.15) is 0 Å². The molecule has 0 N–H and O–H groups in total. The molecule has 2 rings (SSSR count). The topological polar surface area (TPSA) is 69.5 Å². The van der Waals surface area contributed by atoms with E-state index in [4.69, 9.17) is 9.47 Å². The number of aryl methyl sites for hydroxylation is 1. The van der Waals surface area contributed by atoms with E-state index in [1.165, 1.54) is 11.8 Å². The average Bonchev–Trinajstić information content (AvgIpc) is 3.02. The molecule has 0 spiro atoms. The van der Waals surface area contributed by atoms with Crippen molar-refractivity contribution >= 4 is 17.7 Å². The van der Waals surface area contributed by atoms with Crippen molar-refractivity contribution in [2.75, 3.05) is 33.6 Å². The lowest BCUT2D eigenvalue weighted by atomic mass is 10.1. The van der Waals surface area contributed by atoms with Gasteiger partial charge in [-0.15, -0.1) is 10.2 Å². The van der Waals surface area contributed by atoms with Gasteiger partial charge in [0.25, 0.3) is 0 Å². The molecule has 130 valence electrons. The molecule has 0 saturated carbocycles. The van der Waals surface area contributed by atoms with Crippen LogP contribution in [0.4, 0.5) is 0 Å². The van der Waals surface area contributed by atoms with Crippen LogP contribution in [0.5, 0.6) is 11.5 Å². The zero-order valence-electron chi connectivity index (χ0n) is 14.4. The van der Waals surface area contributed by atoms with Crippen LogP contribution in [0.3, 0.4) is 0 Å². The Kier molecular flexibility index (Phi) is 6.48. The first-order valence-corrected chi connectivity index (χ1v) is 8.45. The Morgan fingerprint density at radius 1 is 1.29 bits per heavy atom. The summed E-state index contributed by atoms with van der Waals surface area (Å²) in [6.07, 6.45) is 2.37. The second-order valence-electron chi connectivity index (χ2n) is 5.27. The number of hydrogen-bond donors (Lipinski definition) is 0. The number of amides is 1. The van der Waals surface area contributed by atoms with Crippen molar-refractivity contribution in [1.29, 1.82) is 0 Å². The number of hydrogen-bond acceptors (Lipinski definition) is 6. The van der Waals surface area contributed by atoms with Gasteiger partial charge in [-0.3, -0.25) is 4.79 Å². The number of benzene rings is 1. The molecule has 0 unspecified atom stereocenters. The predicted octanol–water partition coefficient (Wildman–Crippen LogP) is 1.63. The van der Waals surface area contributed by atoms with Gasteiger partial charge in [-0.25, -0.2) is 0 Å². The van der Waals surface area contributed by atoms with Crippen molar-refractivity contribution in [3.8, 4) is 11.5 Å². The van der Waals surface area contributed by atoms with Crippen molar-refractivity contribution in [2.24, 2.45) is 7.05 Å². The number of carbonyl (C=O) groups excluding carboxylic acids is 1. The first kappa shape index (κ1) is 18.1. The van der Waals surface area contributed by atoms with Crippen LogP contribution < -0.4 is 9.47 Å². The molecule has 0 aliphatic carbocycles. The third-order valence-electron chi connectivity index (χ3n) is 3.60. The normalized spacial score (nSPS) is 10.5. The maximum atomic E-state index is 12.2. The van der Waals surface area contributed by atoms with Crippen molar-refractivity contribution in [1.82, 2.24) is 19.7 Å². The quantitative estimate of drug-likeness (QED) is 0.674. The molecular weight excluding hydrogens is 328 g/mol. The Balaban J connectivity index is 1.84. The molecular formula is C16H22N4O3S. The minimum Gasteiger partial charge on any atom is -0.493 e. The summed E-state index contributed by atoms with van der Waals surface area (Å²) in [6.45, 7) is 0.633. The molecule has 0 saturated heterocycles. The maximum absolute atomic E-state index is 12.2. The van der Waals surface area contributed by atoms with Crippen LogP contribution in [0, 0.1) is 0 Å². The third-order valence-corrected chi connectivity index (χ3v) is 4.62. The number of nitrogens with zero attached hydrogens (tertiary/aromatic N) is 4. The Labute approximate surface area is 146 Å². The highest BCUT2D eigenvalue weighted by molar-refractivity contribution is 7.99. The zero-order valence-corrected chi connectivity index (χ0v) is 15.2. The predicted molar refractivity (Wildman–Crippen MR) is 92.6 cm³/mol. The summed E-state index contributed by atoms with van der Waals surface area (Å²) in [5.41, 5.74) is 1.09. The lowest BCUT2D eigenvalue weighted by Gasteiger charge is -2.17. The Hall–Kier alpha value is -2.22. The molecule has 0 aliphatic rings. The van der Waals surface area contributed by atoms with Crippen molar-refractivity contribution in [3.05, 3.63) is 30.1 Å². The summed E-state index contributed by atoms with van der Waals surface area (Å²) < 4.78 is 12.3. The average molecular weight is 350 g/mol. The summed E-state index contributed by atoms with van der Waals surface area (Å²) in [4.78, 5) is 13.9. The first-order chi connectivity index (χ1) is 11.5. The number of likely N-dealkylation sites (N-methyl/N-ethyl adjacent to an activating group) is 1. The van der Waals surface area contributed by atoms with E-state index in [2.05, 4.69) is 10.2 Å². The van der Waals surface area contributed by atoms with E-state index in [1.54, 1.807) is 37.1 Å². The van der Waals surface area contributed by atoms with Gasteiger partial charge in [0.05, 0.1) is 20.0 Å². The van der Waals surface area contributed by atoms with Gasteiger partial charge in [-0.1, -0.05) is 17.8 Å². The molecule has 0 fully saturated rings. The molecule has 8 heteroatoms. The van der Waals surface area contributed by atoms with E-state index in [0.717, 1.165) is 17.1 Å². The van der Waals surface area contributed by atoms with E-state index >= 15 is 0 Å². The van der Waals surface area contributed by atoms with Crippen LogP contribution in [0.25, 0.3) is 0 Å². The fraction of sp³-hybridized carbons (Fsp3) is 0.438. The van der Waals surface area contributed by atoms with Crippen LogP contribution in [0.1, 0.15) is 5.56 Å². The van der Waals surface area contributed by atoms with Gasteiger partial charge < -0.3 is 18.9 Å². The lowest BCUT2D eigenvalue weighted by molar-refractivity contribution is -0.127. The Morgan fingerprint density at radius 2 is 2.04 bits per heavy atom. The highest BCUT2D eigenvalue weighted by Crippen LogP contribution is 2.27.